The molecular weight excluding hydrogens is 371 g/mol. The first-order chi connectivity index (χ1) is 14.1. The van der Waals surface area contributed by atoms with Crippen molar-refractivity contribution in [2.24, 2.45) is 0 Å². The number of benzene rings is 2. The molecule has 0 fully saturated rings. The van der Waals surface area contributed by atoms with Crippen LogP contribution in [-0.4, -0.2) is 28.7 Å². The van der Waals surface area contributed by atoms with E-state index in [0.717, 1.165) is 16.7 Å². The number of carbonyl (C=O) groups excluding carboxylic acids is 1. The summed E-state index contributed by atoms with van der Waals surface area (Å²) in [7, 11) is 0. The van der Waals surface area contributed by atoms with Gasteiger partial charge in [-0.3, -0.25) is 0 Å². The fourth-order valence-electron chi connectivity index (χ4n) is 2.79. The lowest BCUT2D eigenvalue weighted by molar-refractivity contribution is 0.0526. The van der Waals surface area contributed by atoms with E-state index < -0.39 is 0 Å². The molecule has 0 saturated heterocycles. The Morgan fingerprint density at radius 1 is 1.14 bits per heavy atom. The van der Waals surface area contributed by atoms with E-state index in [1.54, 1.807) is 43.7 Å². The maximum Gasteiger partial charge on any atom is 0.338 e. The summed E-state index contributed by atoms with van der Waals surface area (Å²) >= 11 is 0. The minimum absolute atomic E-state index is 0.263. The maximum absolute atomic E-state index is 13.0. The van der Waals surface area contributed by atoms with E-state index in [0.29, 0.717) is 31.9 Å². The molecule has 3 rings (SSSR count). The van der Waals surface area contributed by atoms with E-state index in [-0.39, 0.29) is 11.8 Å². The molecule has 6 heteroatoms. The Morgan fingerprint density at radius 2 is 1.90 bits per heavy atom. The highest BCUT2D eigenvalue weighted by molar-refractivity contribution is 5.89. The summed E-state index contributed by atoms with van der Waals surface area (Å²) in [6.45, 7) is 3.56. The molecule has 0 aliphatic rings. The standard InChI is InChI=1S/C23H23FN2O3/c1-2-29-23(27)21-7-3-18(4-8-21)13-20(14-26-12-11-25-17-26)16-28-15-19-5-9-22(24)10-6-19/h3-13,17H,2,14-16H2,1H3. The predicted molar refractivity (Wildman–Crippen MR) is 109 cm³/mol. The van der Waals surface area contributed by atoms with E-state index in [4.69, 9.17) is 9.47 Å². The number of hydrogen-bond donors (Lipinski definition) is 0. The van der Waals surface area contributed by atoms with Crippen LogP contribution in [-0.2, 0) is 22.6 Å². The van der Waals surface area contributed by atoms with Crippen molar-refractivity contribution in [1.82, 2.24) is 9.55 Å². The van der Waals surface area contributed by atoms with Crippen LogP contribution in [0.1, 0.15) is 28.4 Å². The highest BCUT2D eigenvalue weighted by atomic mass is 19.1. The molecule has 0 spiro atoms. The van der Waals surface area contributed by atoms with Crippen LogP contribution in [0.4, 0.5) is 4.39 Å². The van der Waals surface area contributed by atoms with Crippen LogP contribution in [0.15, 0.2) is 72.8 Å². The molecule has 0 radical (unpaired) electrons. The molecule has 0 aliphatic heterocycles. The highest BCUT2D eigenvalue weighted by Crippen LogP contribution is 2.13. The van der Waals surface area contributed by atoms with Crippen LogP contribution in [0.25, 0.3) is 6.08 Å². The molecule has 0 atom stereocenters. The highest BCUT2D eigenvalue weighted by Gasteiger charge is 2.06. The van der Waals surface area contributed by atoms with Gasteiger partial charge in [0.1, 0.15) is 5.82 Å². The Balaban J connectivity index is 1.68. The number of ether oxygens (including phenoxy) is 2. The van der Waals surface area contributed by atoms with Crippen molar-refractivity contribution in [2.75, 3.05) is 13.2 Å². The molecule has 1 heterocycles. The Labute approximate surface area is 169 Å². The number of nitrogens with zero attached hydrogens (tertiary/aromatic N) is 2. The number of aromatic nitrogens is 2. The zero-order valence-electron chi connectivity index (χ0n) is 16.3. The van der Waals surface area contributed by atoms with E-state index in [2.05, 4.69) is 4.98 Å². The Bertz CT molecular complexity index is 933. The summed E-state index contributed by atoms with van der Waals surface area (Å²) in [4.78, 5) is 15.9. The van der Waals surface area contributed by atoms with Gasteiger partial charge in [0, 0.05) is 18.9 Å². The minimum Gasteiger partial charge on any atom is -0.462 e. The van der Waals surface area contributed by atoms with Gasteiger partial charge in [-0.05, 0) is 47.9 Å². The second-order valence-corrected chi connectivity index (χ2v) is 6.50. The molecule has 0 saturated carbocycles. The van der Waals surface area contributed by atoms with Gasteiger partial charge in [-0.1, -0.05) is 30.3 Å². The smallest absolute Gasteiger partial charge is 0.338 e. The van der Waals surface area contributed by atoms with Crippen LogP contribution in [0, 0.1) is 5.82 Å². The lowest BCUT2D eigenvalue weighted by Gasteiger charge is -2.11. The van der Waals surface area contributed by atoms with Crippen molar-refractivity contribution in [1.29, 1.82) is 0 Å². The van der Waals surface area contributed by atoms with Crippen LogP contribution in [0.2, 0.25) is 0 Å². The lowest BCUT2D eigenvalue weighted by atomic mass is 10.1. The Kier molecular flexibility index (Phi) is 7.30. The van der Waals surface area contributed by atoms with Crippen LogP contribution < -0.4 is 0 Å². The quantitative estimate of drug-likeness (QED) is 0.502. The zero-order valence-corrected chi connectivity index (χ0v) is 16.3. The number of imidazole rings is 1. The topological polar surface area (TPSA) is 53.4 Å². The van der Waals surface area contributed by atoms with Crippen LogP contribution >= 0.6 is 0 Å². The molecule has 5 nitrogen and oxygen atoms in total. The number of carbonyl (C=O) groups is 1. The van der Waals surface area contributed by atoms with Gasteiger partial charge in [0.25, 0.3) is 0 Å². The summed E-state index contributed by atoms with van der Waals surface area (Å²) in [6, 6.07) is 13.5. The van der Waals surface area contributed by atoms with Gasteiger partial charge < -0.3 is 14.0 Å². The van der Waals surface area contributed by atoms with E-state index in [1.165, 1.54) is 12.1 Å². The van der Waals surface area contributed by atoms with Gasteiger partial charge >= 0.3 is 5.97 Å². The summed E-state index contributed by atoms with van der Waals surface area (Å²) < 4.78 is 25.8. The van der Waals surface area contributed by atoms with Crippen molar-refractivity contribution < 1.29 is 18.7 Å². The average Bonchev–Trinajstić information content (AvgIpc) is 3.23. The molecule has 150 valence electrons. The van der Waals surface area contributed by atoms with Crippen LogP contribution in [0.3, 0.4) is 0 Å². The molecule has 2 aromatic carbocycles. The maximum atomic E-state index is 13.0. The van der Waals surface area contributed by atoms with Crippen molar-refractivity contribution >= 4 is 12.0 Å². The van der Waals surface area contributed by atoms with Gasteiger partial charge in [-0.15, -0.1) is 0 Å². The third-order valence-electron chi connectivity index (χ3n) is 4.21. The lowest BCUT2D eigenvalue weighted by Crippen LogP contribution is -2.06. The molecule has 0 aliphatic carbocycles. The fraction of sp³-hybridized carbons (Fsp3) is 0.217. The second-order valence-electron chi connectivity index (χ2n) is 6.50. The third-order valence-corrected chi connectivity index (χ3v) is 4.21. The second kappa shape index (κ2) is 10.3. The monoisotopic (exact) mass is 394 g/mol. The largest absolute Gasteiger partial charge is 0.462 e. The fourth-order valence-corrected chi connectivity index (χ4v) is 2.79. The van der Waals surface area contributed by atoms with Gasteiger partial charge in [-0.2, -0.15) is 0 Å². The molecule has 0 N–H and O–H groups in total. The number of halogens is 1. The number of hydrogen-bond acceptors (Lipinski definition) is 4. The van der Waals surface area contributed by atoms with E-state index in [9.17, 15) is 9.18 Å². The average molecular weight is 394 g/mol. The molecular formula is C23H23FN2O3. The van der Waals surface area contributed by atoms with Gasteiger partial charge in [0.05, 0.1) is 31.7 Å². The number of rotatable bonds is 9. The summed E-state index contributed by atoms with van der Waals surface area (Å²) in [5.74, 6) is -0.593. The third kappa shape index (κ3) is 6.40. The molecule has 0 unspecified atom stereocenters. The van der Waals surface area contributed by atoms with Crippen molar-refractivity contribution in [3.8, 4) is 0 Å². The van der Waals surface area contributed by atoms with Crippen molar-refractivity contribution in [3.05, 3.63) is 95.3 Å². The SMILES string of the molecule is CCOC(=O)c1ccc(C=C(COCc2ccc(F)cc2)Cn2ccnc2)cc1. The molecule has 1 aromatic heterocycles. The van der Waals surface area contributed by atoms with Gasteiger partial charge in [-0.25, -0.2) is 14.2 Å². The molecule has 3 aromatic rings. The summed E-state index contributed by atoms with van der Waals surface area (Å²) in [6.07, 6.45) is 7.39. The number of esters is 1. The summed E-state index contributed by atoms with van der Waals surface area (Å²) in [5, 5.41) is 0. The molecule has 29 heavy (non-hydrogen) atoms. The Morgan fingerprint density at radius 3 is 2.55 bits per heavy atom. The normalized spacial score (nSPS) is 11.4. The first-order valence-electron chi connectivity index (χ1n) is 9.38. The first kappa shape index (κ1) is 20.5. The Hall–Kier alpha value is -3.25. The molecule has 0 bridgehead atoms. The molecule has 0 amide bonds. The first-order valence-corrected chi connectivity index (χ1v) is 9.38. The van der Waals surface area contributed by atoms with Crippen molar-refractivity contribution in [2.45, 2.75) is 20.1 Å². The van der Waals surface area contributed by atoms with Gasteiger partial charge in [0.2, 0.25) is 0 Å². The zero-order chi connectivity index (χ0) is 20.5. The van der Waals surface area contributed by atoms with E-state index in [1.807, 2.05) is 29.0 Å². The minimum atomic E-state index is -0.329. The van der Waals surface area contributed by atoms with Crippen LogP contribution in [0.5, 0.6) is 0 Å². The van der Waals surface area contributed by atoms with Crippen molar-refractivity contribution in [3.63, 3.8) is 0 Å². The van der Waals surface area contributed by atoms with E-state index >= 15 is 0 Å². The van der Waals surface area contributed by atoms with Gasteiger partial charge in [0.15, 0.2) is 0 Å². The summed E-state index contributed by atoms with van der Waals surface area (Å²) in [5.41, 5.74) is 3.42. The predicted octanol–water partition coefficient (Wildman–Crippen LogP) is 4.50.